The second-order valence-corrected chi connectivity index (χ2v) is 4.81. The van der Waals surface area contributed by atoms with Gasteiger partial charge in [0.1, 0.15) is 4.88 Å². The lowest BCUT2D eigenvalue weighted by Gasteiger charge is -2.34. The molecule has 1 amide bonds. The SMILES string of the molecule is CCC1CCCCN1C(=O)c1cncs1. The van der Waals surface area contributed by atoms with Crippen LogP contribution in [0.5, 0.6) is 0 Å². The largest absolute Gasteiger partial charge is 0.335 e. The van der Waals surface area contributed by atoms with Gasteiger partial charge in [-0.2, -0.15) is 0 Å². The number of piperidine rings is 1. The van der Waals surface area contributed by atoms with Gasteiger partial charge in [0.2, 0.25) is 0 Å². The highest BCUT2D eigenvalue weighted by molar-refractivity contribution is 7.11. The molecule has 0 aliphatic carbocycles. The number of likely N-dealkylation sites (tertiary alicyclic amines) is 1. The van der Waals surface area contributed by atoms with Gasteiger partial charge in [-0.1, -0.05) is 6.92 Å². The fraction of sp³-hybridized carbons (Fsp3) is 0.636. The van der Waals surface area contributed by atoms with Gasteiger partial charge in [0.25, 0.3) is 5.91 Å². The van der Waals surface area contributed by atoms with Gasteiger partial charge in [-0.15, -0.1) is 11.3 Å². The summed E-state index contributed by atoms with van der Waals surface area (Å²) < 4.78 is 0. The van der Waals surface area contributed by atoms with Crippen molar-refractivity contribution < 1.29 is 4.79 Å². The van der Waals surface area contributed by atoms with Gasteiger partial charge in [-0.05, 0) is 25.7 Å². The summed E-state index contributed by atoms with van der Waals surface area (Å²) in [6.07, 6.45) is 6.28. The summed E-state index contributed by atoms with van der Waals surface area (Å²) in [5, 5.41) is 0. The van der Waals surface area contributed by atoms with Crippen molar-refractivity contribution in [2.24, 2.45) is 0 Å². The topological polar surface area (TPSA) is 33.2 Å². The van der Waals surface area contributed by atoms with Gasteiger partial charge >= 0.3 is 0 Å². The van der Waals surface area contributed by atoms with E-state index >= 15 is 0 Å². The van der Waals surface area contributed by atoms with Crippen molar-refractivity contribution in [1.29, 1.82) is 0 Å². The highest BCUT2D eigenvalue weighted by Gasteiger charge is 2.26. The van der Waals surface area contributed by atoms with Crippen LogP contribution in [0.1, 0.15) is 42.3 Å². The Hall–Kier alpha value is -0.900. The first-order chi connectivity index (χ1) is 7.33. The molecule has 1 fully saturated rings. The lowest BCUT2D eigenvalue weighted by atomic mass is 10.00. The van der Waals surface area contributed by atoms with Crippen LogP contribution >= 0.6 is 11.3 Å². The monoisotopic (exact) mass is 224 g/mol. The van der Waals surface area contributed by atoms with Crippen molar-refractivity contribution >= 4 is 17.2 Å². The van der Waals surface area contributed by atoms with Crippen molar-refractivity contribution in [2.75, 3.05) is 6.54 Å². The molecule has 4 heteroatoms. The minimum Gasteiger partial charge on any atom is -0.335 e. The first kappa shape index (κ1) is 10.6. The molecule has 0 spiro atoms. The zero-order chi connectivity index (χ0) is 10.7. The molecule has 1 atom stereocenters. The Morgan fingerprint density at radius 1 is 1.67 bits per heavy atom. The van der Waals surface area contributed by atoms with Crippen molar-refractivity contribution in [3.63, 3.8) is 0 Å². The van der Waals surface area contributed by atoms with Crippen LogP contribution in [0.15, 0.2) is 11.7 Å². The van der Waals surface area contributed by atoms with E-state index in [-0.39, 0.29) is 5.91 Å². The standard InChI is InChI=1S/C11H16N2OS/c1-2-9-5-3-4-6-13(9)11(14)10-7-12-8-15-10/h7-9H,2-6H2,1H3. The predicted octanol–water partition coefficient (Wildman–Crippen LogP) is 2.55. The molecule has 1 unspecified atom stereocenters. The second-order valence-electron chi connectivity index (χ2n) is 3.92. The fourth-order valence-electron chi connectivity index (χ4n) is 2.16. The lowest BCUT2D eigenvalue weighted by molar-refractivity contribution is 0.0613. The number of hydrogen-bond acceptors (Lipinski definition) is 3. The van der Waals surface area contributed by atoms with Gasteiger partial charge in [0, 0.05) is 12.6 Å². The molecule has 1 aliphatic heterocycles. The zero-order valence-corrected chi connectivity index (χ0v) is 9.80. The highest BCUT2D eigenvalue weighted by Crippen LogP contribution is 2.22. The van der Waals surface area contributed by atoms with Crippen LogP contribution in [0.25, 0.3) is 0 Å². The summed E-state index contributed by atoms with van der Waals surface area (Å²) in [6.45, 7) is 3.07. The van der Waals surface area contributed by atoms with Gasteiger partial charge in [-0.3, -0.25) is 9.78 Å². The van der Waals surface area contributed by atoms with E-state index < -0.39 is 0 Å². The maximum Gasteiger partial charge on any atom is 0.265 e. The molecule has 82 valence electrons. The van der Waals surface area contributed by atoms with E-state index in [0.29, 0.717) is 6.04 Å². The smallest absolute Gasteiger partial charge is 0.265 e. The van der Waals surface area contributed by atoms with Crippen LogP contribution < -0.4 is 0 Å². The lowest BCUT2D eigenvalue weighted by Crippen LogP contribution is -2.43. The van der Waals surface area contributed by atoms with E-state index in [2.05, 4.69) is 11.9 Å². The number of aromatic nitrogens is 1. The zero-order valence-electron chi connectivity index (χ0n) is 8.98. The number of amides is 1. The number of thiazole rings is 1. The molecular weight excluding hydrogens is 208 g/mol. The van der Waals surface area contributed by atoms with Gasteiger partial charge in [0.05, 0.1) is 11.7 Å². The quantitative estimate of drug-likeness (QED) is 0.773. The molecule has 3 nitrogen and oxygen atoms in total. The van der Waals surface area contributed by atoms with Crippen molar-refractivity contribution in [1.82, 2.24) is 9.88 Å². The van der Waals surface area contributed by atoms with E-state index in [1.165, 1.54) is 17.8 Å². The molecule has 1 saturated heterocycles. The Morgan fingerprint density at radius 3 is 3.20 bits per heavy atom. The molecule has 1 aliphatic rings. The van der Waals surface area contributed by atoms with E-state index in [1.807, 2.05) is 4.90 Å². The van der Waals surface area contributed by atoms with Crippen LogP contribution in [0.3, 0.4) is 0 Å². The molecule has 1 aromatic rings. The third-order valence-electron chi connectivity index (χ3n) is 3.00. The molecule has 0 N–H and O–H groups in total. The van der Waals surface area contributed by atoms with Gasteiger partial charge < -0.3 is 4.90 Å². The molecule has 0 radical (unpaired) electrons. The van der Waals surface area contributed by atoms with Crippen molar-refractivity contribution in [3.8, 4) is 0 Å². The van der Waals surface area contributed by atoms with Crippen LogP contribution in [0.4, 0.5) is 0 Å². The fourth-order valence-corrected chi connectivity index (χ4v) is 2.73. The second kappa shape index (κ2) is 4.75. The van der Waals surface area contributed by atoms with Crippen LogP contribution in [-0.2, 0) is 0 Å². The molecule has 2 rings (SSSR count). The molecule has 15 heavy (non-hydrogen) atoms. The maximum absolute atomic E-state index is 12.1. The van der Waals surface area contributed by atoms with Crippen LogP contribution in [0.2, 0.25) is 0 Å². The van der Waals surface area contributed by atoms with E-state index in [9.17, 15) is 4.79 Å². The molecular formula is C11H16N2OS. The third-order valence-corrected chi connectivity index (χ3v) is 3.76. The Morgan fingerprint density at radius 2 is 2.53 bits per heavy atom. The van der Waals surface area contributed by atoms with E-state index in [4.69, 9.17) is 0 Å². The average molecular weight is 224 g/mol. The molecule has 1 aromatic heterocycles. The number of carbonyl (C=O) groups excluding carboxylic acids is 1. The summed E-state index contributed by atoms with van der Waals surface area (Å²) in [7, 11) is 0. The molecule has 2 heterocycles. The summed E-state index contributed by atoms with van der Waals surface area (Å²) in [4.78, 5) is 18.9. The van der Waals surface area contributed by atoms with Crippen molar-refractivity contribution in [3.05, 3.63) is 16.6 Å². The summed E-state index contributed by atoms with van der Waals surface area (Å²) >= 11 is 1.43. The van der Waals surface area contributed by atoms with Crippen molar-refractivity contribution in [2.45, 2.75) is 38.6 Å². The minimum atomic E-state index is 0.170. The van der Waals surface area contributed by atoms with Crippen LogP contribution in [-0.4, -0.2) is 28.4 Å². The predicted molar refractivity (Wildman–Crippen MR) is 61.1 cm³/mol. The maximum atomic E-state index is 12.1. The van der Waals surface area contributed by atoms with Gasteiger partial charge in [0.15, 0.2) is 0 Å². The first-order valence-corrected chi connectivity index (χ1v) is 6.40. The number of nitrogens with zero attached hydrogens (tertiary/aromatic N) is 2. The van der Waals surface area contributed by atoms with Crippen LogP contribution in [0, 0.1) is 0 Å². The Bertz CT molecular complexity index is 323. The minimum absolute atomic E-state index is 0.170. The number of carbonyl (C=O) groups is 1. The third kappa shape index (κ3) is 2.20. The molecule has 0 saturated carbocycles. The number of rotatable bonds is 2. The van der Waals surface area contributed by atoms with Gasteiger partial charge in [-0.25, -0.2) is 0 Å². The Balaban J connectivity index is 2.11. The number of hydrogen-bond donors (Lipinski definition) is 0. The summed E-state index contributed by atoms with van der Waals surface area (Å²) in [5.41, 5.74) is 1.72. The van der Waals surface area contributed by atoms with E-state index in [0.717, 1.165) is 30.7 Å². The normalized spacial score (nSPS) is 21.7. The summed E-state index contributed by atoms with van der Waals surface area (Å²) in [6, 6.07) is 0.438. The highest BCUT2D eigenvalue weighted by atomic mass is 32.1. The summed E-state index contributed by atoms with van der Waals surface area (Å²) in [5.74, 6) is 0.170. The van der Waals surface area contributed by atoms with E-state index in [1.54, 1.807) is 11.7 Å². The first-order valence-electron chi connectivity index (χ1n) is 5.52. The Labute approximate surface area is 94.1 Å². The average Bonchev–Trinajstić information content (AvgIpc) is 2.81. The molecule has 0 aromatic carbocycles. The Kier molecular flexibility index (Phi) is 3.36. The molecule has 0 bridgehead atoms.